The van der Waals surface area contributed by atoms with E-state index in [9.17, 15) is 0 Å². The van der Waals surface area contributed by atoms with Gasteiger partial charge in [0.2, 0.25) is 0 Å². The van der Waals surface area contributed by atoms with E-state index in [0.717, 1.165) is 27.6 Å². The lowest BCUT2D eigenvalue weighted by Crippen LogP contribution is -2.63. The van der Waals surface area contributed by atoms with Crippen molar-refractivity contribution < 1.29 is 4.42 Å². The summed E-state index contributed by atoms with van der Waals surface area (Å²) in [6.45, 7) is 13.9. The summed E-state index contributed by atoms with van der Waals surface area (Å²) in [5.74, 6) is 0. The first-order valence-corrected chi connectivity index (χ1v) is 23.9. The highest BCUT2D eigenvalue weighted by atomic mass is 16.3. The van der Waals surface area contributed by atoms with E-state index in [0.29, 0.717) is 0 Å². The lowest BCUT2D eigenvalue weighted by molar-refractivity contribution is 0.590. The van der Waals surface area contributed by atoms with Crippen LogP contribution in [0.4, 0.5) is 28.4 Å². The molecule has 4 heterocycles. The van der Waals surface area contributed by atoms with Crippen LogP contribution >= 0.6 is 0 Å². The smallest absolute Gasteiger partial charge is 0.333 e. The van der Waals surface area contributed by atoms with Gasteiger partial charge in [0.05, 0.1) is 22.2 Å². The second-order valence-corrected chi connectivity index (χ2v) is 21.2. The fourth-order valence-corrected chi connectivity index (χ4v) is 12.6. The zero-order valence-electron chi connectivity index (χ0n) is 38.8. The molecular formula is C63H49BN2O. The lowest BCUT2D eigenvalue weighted by Gasteiger charge is -2.52. The molecule has 0 bridgehead atoms. The normalized spacial score (nSPS) is 14.7. The van der Waals surface area contributed by atoms with Crippen LogP contribution in [0.3, 0.4) is 0 Å². The molecule has 67 heavy (non-hydrogen) atoms. The monoisotopic (exact) mass is 860 g/mol. The van der Waals surface area contributed by atoms with Crippen LogP contribution in [0.25, 0.3) is 55.3 Å². The molecule has 1 aromatic heterocycles. The Bertz CT molecular complexity index is 3710. The summed E-state index contributed by atoms with van der Waals surface area (Å²) in [6.07, 6.45) is 0. The molecule has 4 aliphatic rings. The molecule has 4 heteroatoms. The molecule has 0 N–H and O–H groups in total. The first kappa shape index (κ1) is 38.7. The summed E-state index contributed by atoms with van der Waals surface area (Å²) in [6, 6.07) is 71.3. The molecule has 0 unspecified atom stereocenters. The number of hydrogen-bond donors (Lipinski definition) is 0. The molecule has 10 aromatic rings. The average Bonchev–Trinajstić information content (AvgIpc) is 3.87. The van der Waals surface area contributed by atoms with Crippen LogP contribution in [-0.4, -0.2) is 6.85 Å². The van der Waals surface area contributed by atoms with Gasteiger partial charge in [0.25, 0.3) is 0 Å². The Morgan fingerprint density at radius 1 is 0.433 bits per heavy atom. The van der Waals surface area contributed by atoms with E-state index in [4.69, 9.17) is 4.42 Å². The van der Waals surface area contributed by atoms with Gasteiger partial charge in [-0.2, -0.15) is 0 Å². The minimum Gasteiger partial charge on any atom is -0.456 e. The second-order valence-electron chi connectivity index (χ2n) is 21.2. The highest BCUT2D eigenvalue weighted by Gasteiger charge is 2.56. The number of fused-ring (bicyclic) bond motifs is 17. The molecule has 9 aromatic carbocycles. The molecule has 1 aliphatic carbocycles. The van der Waals surface area contributed by atoms with Gasteiger partial charge in [-0.15, -0.1) is 0 Å². The Morgan fingerprint density at radius 3 is 1.81 bits per heavy atom. The molecule has 3 nitrogen and oxygen atoms in total. The van der Waals surface area contributed by atoms with Crippen molar-refractivity contribution >= 4 is 68.1 Å². The molecule has 1 spiro atoms. The van der Waals surface area contributed by atoms with Crippen molar-refractivity contribution in [3.63, 3.8) is 0 Å². The Morgan fingerprint density at radius 2 is 1.06 bits per heavy atom. The summed E-state index contributed by atoms with van der Waals surface area (Å²) in [7, 11) is 0. The maximum atomic E-state index is 6.84. The van der Waals surface area contributed by atoms with E-state index in [1.165, 1.54) is 100 Å². The van der Waals surface area contributed by atoms with Crippen molar-refractivity contribution in [2.75, 3.05) is 9.71 Å². The van der Waals surface area contributed by atoms with Crippen molar-refractivity contribution in [1.29, 1.82) is 0 Å². The summed E-state index contributed by atoms with van der Waals surface area (Å²) in [5, 5.41) is 2.26. The number of hydrogen-bond acceptors (Lipinski definition) is 3. The average molecular weight is 861 g/mol. The number of nitrogens with zero attached hydrogens (tertiary/aromatic N) is 2. The van der Waals surface area contributed by atoms with Gasteiger partial charge in [0, 0.05) is 33.6 Å². The van der Waals surface area contributed by atoms with Gasteiger partial charge in [-0.1, -0.05) is 193 Å². The van der Waals surface area contributed by atoms with Crippen LogP contribution in [0.5, 0.6) is 0 Å². The van der Waals surface area contributed by atoms with Crippen LogP contribution in [-0.2, 0) is 16.2 Å². The predicted molar refractivity (Wildman–Crippen MR) is 281 cm³/mol. The Labute approximate surface area is 393 Å². The van der Waals surface area contributed by atoms with Gasteiger partial charge in [-0.05, 0) is 114 Å². The minimum absolute atomic E-state index is 0.0485. The fraction of sp³-hybridized carbons (Fsp3) is 0.143. The molecular weight excluding hydrogens is 812 g/mol. The first-order chi connectivity index (χ1) is 32.5. The summed E-state index contributed by atoms with van der Waals surface area (Å²) >= 11 is 0. The quantitative estimate of drug-likeness (QED) is 0.161. The van der Waals surface area contributed by atoms with Crippen LogP contribution < -0.4 is 20.6 Å². The summed E-state index contributed by atoms with van der Waals surface area (Å²) in [5.41, 5.74) is 25.3. The zero-order valence-corrected chi connectivity index (χ0v) is 38.8. The molecule has 0 saturated heterocycles. The highest BCUT2D eigenvalue weighted by molar-refractivity contribution is 6.94. The van der Waals surface area contributed by atoms with E-state index < -0.39 is 5.41 Å². The maximum Gasteiger partial charge on any atom is 0.333 e. The minimum atomic E-state index is -0.513. The van der Waals surface area contributed by atoms with Crippen LogP contribution in [0.15, 0.2) is 192 Å². The van der Waals surface area contributed by atoms with Gasteiger partial charge in [0.15, 0.2) is 0 Å². The Hall–Kier alpha value is -7.56. The van der Waals surface area contributed by atoms with Crippen molar-refractivity contribution in [2.45, 2.75) is 57.8 Å². The van der Waals surface area contributed by atoms with E-state index >= 15 is 0 Å². The maximum absolute atomic E-state index is 6.84. The number of benzene rings is 9. The number of para-hydroxylation sites is 3. The van der Waals surface area contributed by atoms with Gasteiger partial charge in [-0.25, -0.2) is 0 Å². The summed E-state index contributed by atoms with van der Waals surface area (Å²) in [4.78, 5) is 5.37. The molecule has 0 fully saturated rings. The van der Waals surface area contributed by atoms with Crippen molar-refractivity contribution in [3.8, 4) is 33.4 Å². The molecule has 14 rings (SSSR count). The number of furan rings is 1. The highest BCUT2D eigenvalue weighted by Crippen LogP contribution is 2.65. The SMILES string of the molecule is CC(C)(C)c1ccc(N2c3cc(C(C)(C)C)cc4c3B(c3ccc5oc6ccccc6c5c32)N2c3ccccc3C3(c5ccccc5-c5ccccc53)c3cccc-4c32)c(-c2ccccc2)c1. The molecule has 0 radical (unpaired) electrons. The van der Waals surface area contributed by atoms with Crippen molar-refractivity contribution in [1.82, 2.24) is 0 Å². The van der Waals surface area contributed by atoms with E-state index in [2.05, 4.69) is 239 Å². The first-order valence-electron chi connectivity index (χ1n) is 23.9. The van der Waals surface area contributed by atoms with Crippen molar-refractivity contribution in [2.24, 2.45) is 0 Å². The van der Waals surface area contributed by atoms with Gasteiger partial charge in [0.1, 0.15) is 11.2 Å². The Balaban J connectivity index is 1.17. The molecule has 3 aliphatic heterocycles. The van der Waals surface area contributed by atoms with Gasteiger partial charge < -0.3 is 14.1 Å². The van der Waals surface area contributed by atoms with E-state index in [1.807, 2.05) is 0 Å². The predicted octanol–water partition coefficient (Wildman–Crippen LogP) is 15.2. The fourth-order valence-electron chi connectivity index (χ4n) is 12.6. The van der Waals surface area contributed by atoms with E-state index in [1.54, 1.807) is 0 Å². The largest absolute Gasteiger partial charge is 0.456 e. The topological polar surface area (TPSA) is 19.6 Å². The third-order valence-corrected chi connectivity index (χ3v) is 15.5. The standard InChI is InChI=1S/C63H49BN2O/c1-61(2,3)39-31-33-52(45(35-39)38-19-8-7-9-20-38)65-54-37-40(62(4,5)6)36-46-43-24-18-28-50-59(43)66(64(58(46)54)51-32-34-56-57(60(51)65)44-23-12-17-30-55(44)67-56)53-29-16-15-27-49(53)63(50)47-25-13-10-21-41(47)42-22-11-14-26-48(42)63/h7-37H,1-6H3. The zero-order chi connectivity index (χ0) is 45.1. The molecule has 0 saturated carbocycles. The second kappa shape index (κ2) is 13.3. The van der Waals surface area contributed by atoms with Gasteiger partial charge in [-0.3, -0.25) is 0 Å². The van der Waals surface area contributed by atoms with Crippen LogP contribution in [0.2, 0.25) is 0 Å². The molecule has 0 atom stereocenters. The number of anilines is 5. The van der Waals surface area contributed by atoms with E-state index in [-0.39, 0.29) is 17.7 Å². The van der Waals surface area contributed by atoms with Crippen LogP contribution in [0.1, 0.15) is 74.9 Å². The lowest BCUT2D eigenvalue weighted by atomic mass is 9.42. The van der Waals surface area contributed by atoms with Crippen LogP contribution in [0, 0.1) is 0 Å². The van der Waals surface area contributed by atoms with Gasteiger partial charge >= 0.3 is 6.85 Å². The summed E-state index contributed by atoms with van der Waals surface area (Å²) < 4.78 is 6.84. The third-order valence-electron chi connectivity index (χ3n) is 15.5. The van der Waals surface area contributed by atoms with Crippen molar-refractivity contribution in [3.05, 3.63) is 221 Å². The molecule has 320 valence electrons. The Kier molecular flexibility index (Phi) is 7.68. The molecule has 0 amide bonds. The third kappa shape index (κ3) is 5.03. The number of rotatable bonds is 2.